The number of nitrogens with one attached hydrogen (secondary N) is 1. The molecule has 4 atom stereocenters. The van der Waals surface area contributed by atoms with Crippen LogP contribution in [-0.4, -0.2) is 36.1 Å². The molecule has 0 aromatic carbocycles. The van der Waals surface area contributed by atoms with Gasteiger partial charge in [0.05, 0.1) is 0 Å². The van der Waals surface area contributed by atoms with Crippen LogP contribution in [0, 0.1) is 11.8 Å². The average molecular weight is 238 g/mol. The van der Waals surface area contributed by atoms with Crippen molar-refractivity contribution in [3.05, 3.63) is 0 Å². The SMILES string of the molecule is CC(C)NC1CCN(C2CCC(C)C(C)C2)C1. The van der Waals surface area contributed by atoms with Gasteiger partial charge in [0.2, 0.25) is 0 Å². The molecule has 2 nitrogen and oxygen atoms in total. The van der Waals surface area contributed by atoms with Crippen molar-refractivity contribution in [1.29, 1.82) is 0 Å². The van der Waals surface area contributed by atoms with E-state index in [1.807, 2.05) is 0 Å². The molecule has 1 heterocycles. The first-order chi connectivity index (χ1) is 8.06. The molecule has 0 aromatic rings. The number of hydrogen-bond donors (Lipinski definition) is 1. The highest BCUT2D eigenvalue weighted by Gasteiger charge is 2.32. The van der Waals surface area contributed by atoms with Crippen LogP contribution < -0.4 is 5.32 Å². The van der Waals surface area contributed by atoms with E-state index in [2.05, 4.69) is 37.9 Å². The Morgan fingerprint density at radius 2 is 1.82 bits per heavy atom. The second-order valence-electron chi connectivity index (χ2n) is 6.72. The molecule has 100 valence electrons. The highest BCUT2D eigenvalue weighted by molar-refractivity contribution is 4.89. The van der Waals surface area contributed by atoms with E-state index in [9.17, 15) is 0 Å². The fourth-order valence-electron chi connectivity index (χ4n) is 3.58. The van der Waals surface area contributed by atoms with Gasteiger partial charge in [-0.05, 0) is 37.5 Å². The third-order valence-electron chi connectivity index (χ3n) is 4.88. The zero-order valence-electron chi connectivity index (χ0n) is 12.1. The van der Waals surface area contributed by atoms with Gasteiger partial charge in [-0.2, -0.15) is 0 Å². The Hall–Kier alpha value is -0.0800. The molecule has 2 heteroatoms. The van der Waals surface area contributed by atoms with E-state index in [0.29, 0.717) is 6.04 Å². The summed E-state index contributed by atoms with van der Waals surface area (Å²) in [5.41, 5.74) is 0. The Morgan fingerprint density at radius 1 is 1.06 bits per heavy atom. The first-order valence-electron chi connectivity index (χ1n) is 7.56. The number of likely N-dealkylation sites (tertiary alicyclic amines) is 1. The predicted molar refractivity (Wildman–Crippen MR) is 74.2 cm³/mol. The Kier molecular flexibility index (Phi) is 4.48. The molecule has 0 aromatic heterocycles. The summed E-state index contributed by atoms with van der Waals surface area (Å²) in [5, 5.41) is 3.69. The zero-order valence-corrected chi connectivity index (χ0v) is 12.1. The van der Waals surface area contributed by atoms with Crippen molar-refractivity contribution in [3.63, 3.8) is 0 Å². The first kappa shape index (κ1) is 13.4. The summed E-state index contributed by atoms with van der Waals surface area (Å²) >= 11 is 0. The van der Waals surface area contributed by atoms with Gasteiger partial charge in [0.1, 0.15) is 0 Å². The second kappa shape index (κ2) is 5.71. The van der Waals surface area contributed by atoms with Crippen LogP contribution in [0.2, 0.25) is 0 Å². The molecule has 0 bridgehead atoms. The van der Waals surface area contributed by atoms with Gasteiger partial charge in [-0.3, -0.25) is 4.90 Å². The highest BCUT2D eigenvalue weighted by Crippen LogP contribution is 2.33. The third kappa shape index (κ3) is 3.45. The zero-order chi connectivity index (χ0) is 12.4. The Balaban J connectivity index is 1.80. The molecule has 4 unspecified atom stereocenters. The smallest absolute Gasteiger partial charge is 0.0209 e. The summed E-state index contributed by atoms with van der Waals surface area (Å²) in [4.78, 5) is 2.75. The monoisotopic (exact) mass is 238 g/mol. The normalized spacial score (nSPS) is 40.1. The van der Waals surface area contributed by atoms with Crippen LogP contribution in [-0.2, 0) is 0 Å². The molecule has 1 N–H and O–H groups in total. The molecule has 2 fully saturated rings. The van der Waals surface area contributed by atoms with Gasteiger partial charge in [0, 0.05) is 31.2 Å². The summed E-state index contributed by atoms with van der Waals surface area (Å²) in [6.07, 6.45) is 5.64. The topological polar surface area (TPSA) is 15.3 Å². The molecule has 0 spiro atoms. The largest absolute Gasteiger partial charge is 0.310 e. The molecular weight excluding hydrogens is 208 g/mol. The van der Waals surface area contributed by atoms with E-state index in [-0.39, 0.29) is 0 Å². The Bertz CT molecular complexity index is 239. The van der Waals surface area contributed by atoms with Crippen LogP contribution in [0.15, 0.2) is 0 Å². The number of nitrogens with zero attached hydrogens (tertiary/aromatic N) is 1. The average Bonchev–Trinajstić information content (AvgIpc) is 2.69. The van der Waals surface area contributed by atoms with Crippen molar-refractivity contribution in [2.24, 2.45) is 11.8 Å². The van der Waals surface area contributed by atoms with Crippen LogP contribution in [0.1, 0.15) is 53.4 Å². The van der Waals surface area contributed by atoms with Crippen molar-refractivity contribution in [2.45, 2.75) is 71.5 Å². The van der Waals surface area contributed by atoms with Gasteiger partial charge in [0.15, 0.2) is 0 Å². The van der Waals surface area contributed by atoms with Gasteiger partial charge in [-0.25, -0.2) is 0 Å². The second-order valence-corrected chi connectivity index (χ2v) is 6.72. The maximum Gasteiger partial charge on any atom is 0.0209 e. The minimum absolute atomic E-state index is 0.630. The lowest BCUT2D eigenvalue weighted by Crippen LogP contribution is -2.42. The van der Waals surface area contributed by atoms with Gasteiger partial charge in [-0.1, -0.05) is 27.7 Å². The van der Waals surface area contributed by atoms with Crippen LogP contribution in [0.5, 0.6) is 0 Å². The van der Waals surface area contributed by atoms with Gasteiger partial charge in [0.25, 0.3) is 0 Å². The lowest BCUT2D eigenvalue weighted by molar-refractivity contribution is 0.128. The lowest BCUT2D eigenvalue weighted by atomic mass is 9.78. The van der Waals surface area contributed by atoms with Gasteiger partial charge in [-0.15, -0.1) is 0 Å². The molecular formula is C15H30N2. The van der Waals surface area contributed by atoms with Crippen LogP contribution in [0.3, 0.4) is 0 Å². The van der Waals surface area contributed by atoms with Crippen molar-refractivity contribution >= 4 is 0 Å². The lowest BCUT2D eigenvalue weighted by Gasteiger charge is -2.37. The van der Waals surface area contributed by atoms with Crippen molar-refractivity contribution < 1.29 is 0 Å². The molecule has 1 aliphatic heterocycles. The minimum Gasteiger partial charge on any atom is -0.310 e. The number of rotatable bonds is 3. The Labute approximate surface area is 107 Å². The van der Waals surface area contributed by atoms with Crippen LogP contribution in [0.25, 0.3) is 0 Å². The van der Waals surface area contributed by atoms with Crippen molar-refractivity contribution in [3.8, 4) is 0 Å². The summed E-state index contributed by atoms with van der Waals surface area (Å²) in [6.45, 7) is 12.0. The fraction of sp³-hybridized carbons (Fsp3) is 1.00. The Morgan fingerprint density at radius 3 is 2.47 bits per heavy atom. The molecule has 2 rings (SSSR count). The number of hydrogen-bond acceptors (Lipinski definition) is 2. The first-order valence-corrected chi connectivity index (χ1v) is 7.56. The van der Waals surface area contributed by atoms with Gasteiger partial charge >= 0.3 is 0 Å². The summed E-state index contributed by atoms with van der Waals surface area (Å²) in [6, 6.07) is 2.25. The summed E-state index contributed by atoms with van der Waals surface area (Å²) in [7, 11) is 0. The molecule has 1 saturated carbocycles. The standard InChI is InChI=1S/C15H30N2/c1-11(2)16-14-7-8-17(10-14)15-6-5-12(3)13(4)9-15/h11-16H,5-10H2,1-4H3. The van der Waals surface area contributed by atoms with Crippen molar-refractivity contribution in [1.82, 2.24) is 10.2 Å². The molecule has 17 heavy (non-hydrogen) atoms. The van der Waals surface area contributed by atoms with E-state index in [0.717, 1.165) is 23.9 Å². The predicted octanol–water partition coefficient (Wildman–Crippen LogP) is 2.88. The van der Waals surface area contributed by atoms with Crippen LogP contribution in [0.4, 0.5) is 0 Å². The van der Waals surface area contributed by atoms with E-state index < -0.39 is 0 Å². The van der Waals surface area contributed by atoms with Crippen molar-refractivity contribution in [2.75, 3.05) is 13.1 Å². The quantitative estimate of drug-likeness (QED) is 0.813. The van der Waals surface area contributed by atoms with E-state index in [1.54, 1.807) is 0 Å². The highest BCUT2D eigenvalue weighted by atomic mass is 15.2. The van der Waals surface area contributed by atoms with Gasteiger partial charge < -0.3 is 5.32 Å². The fourth-order valence-corrected chi connectivity index (χ4v) is 3.58. The maximum absolute atomic E-state index is 3.69. The molecule has 0 amide bonds. The van der Waals surface area contributed by atoms with Crippen LogP contribution >= 0.6 is 0 Å². The third-order valence-corrected chi connectivity index (χ3v) is 4.88. The summed E-state index contributed by atoms with van der Waals surface area (Å²) in [5.74, 6) is 1.87. The molecule has 1 saturated heterocycles. The minimum atomic E-state index is 0.630. The van der Waals surface area contributed by atoms with E-state index >= 15 is 0 Å². The molecule has 0 radical (unpaired) electrons. The maximum atomic E-state index is 3.69. The summed E-state index contributed by atoms with van der Waals surface area (Å²) < 4.78 is 0. The molecule has 1 aliphatic carbocycles. The van der Waals surface area contributed by atoms with E-state index in [1.165, 1.54) is 38.8 Å². The molecule has 2 aliphatic rings. The van der Waals surface area contributed by atoms with E-state index in [4.69, 9.17) is 0 Å².